The van der Waals surface area contributed by atoms with Gasteiger partial charge in [-0.25, -0.2) is 0 Å². The van der Waals surface area contributed by atoms with Crippen molar-refractivity contribution in [3.05, 3.63) is 71.3 Å². The highest BCUT2D eigenvalue weighted by Gasteiger charge is 2.48. The van der Waals surface area contributed by atoms with Crippen molar-refractivity contribution in [2.45, 2.75) is 17.9 Å². The molecule has 1 aliphatic carbocycles. The minimum absolute atomic E-state index is 0.0848. The van der Waals surface area contributed by atoms with E-state index in [2.05, 4.69) is 54.6 Å². The second-order valence-corrected chi connectivity index (χ2v) is 6.33. The van der Waals surface area contributed by atoms with E-state index in [0.29, 0.717) is 13.2 Å². The van der Waals surface area contributed by atoms with Crippen LogP contribution < -0.4 is 4.74 Å². The smallest absolute Gasteiger partial charge is 0.119 e. The number of hydrogen-bond acceptors (Lipinski definition) is 3. The third kappa shape index (κ3) is 2.45. The predicted molar refractivity (Wildman–Crippen MR) is 94.4 cm³/mol. The van der Waals surface area contributed by atoms with Gasteiger partial charge < -0.3 is 14.2 Å². The third-order valence-corrected chi connectivity index (χ3v) is 5.08. The molecule has 3 nitrogen and oxygen atoms in total. The second-order valence-electron chi connectivity index (χ2n) is 6.33. The SMILES string of the molecule is COCCOc1cccc(C23CCOC2C=Cc2ccccc23)c1. The molecular formula is C21H22O3. The number of hydrogen-bond donors (Lipinski definition) is 0. The number of ether oxygens (including phenoxy) is 3. The van der Waals surface area contributed by atoms with Gasteiger partial charge in [0.2, 0.25) is 0 Å². The highest BCUT2D eigenvalue weighted by atomic mass is 16.5. The summed E-state index contributed by atoms with van der Waals surface area (Å²) < 4.78 is 17.0. The van der Waals surface area contributed by atoms with E-state index in [0.717, 1.165) is 18.8 Å². The molecule has 1 heterocycles. The fourth-order valence-electron chi connectivity index (χ4n) is 3.95. The standard InChI is InChI=1S/C21H22O3/c1-22-13-14-23-18-7-4-6-17(15-18)21-11-12-24-20(21)10-9-16-5-2-3-8-19(16)21/h2-10,15,20H,11-14H2,1H3. The lowest BCUT2D eigenvalue weighted by atomic mass is 9.66. The third-order valence-electron chi connectivity index (χ3n) is 5.08. The maximum Gasteiger partial charge on any atom is 0.119 e. The van der Waals surface area contributed by atoms with Crippen molar-refractivity contribution in [1.29, 1.82) is 0 Å². The highest BCUT2D eigenvalue weighted by Crippen LogP contribution is 2.49. The van der Waals surface area contributed by atoms with E-state index in [1.54, 1.807) is 7.11 Å². The van der Waals surface area contributed by atoms with Crippen LogP contribution in [0.4, 0.5) is 0 Å². The summed E-state index contributed by atoms with van der Waals surface area (Å²) in [7, 11) is 1.69. The van der Waals surface area contributed by atoms with Gasteiger partial charge in [-0.3, -0.25) is 0 Å². The number of rotatable bonds is 5. The van der Waals surface area contributed by atoms with E-state index in [9.17, 15) is 0 Å². The molecule has 4 rings (SSSR count). The fourth-order valence-corrected chi connectivity index (χ4v) is 3.95. The van der Waals surface area contributed by atoms with Crippen LogP contribution in [-0.4, -0.2) is 33.0 Å². The van der Waals surface area contributed by atoms with Gasteiger partial charge in [0.1, 0.15) is 12.4 Å². The van der Waals surface area contributed by atoms with Crippen LogP contribution in [0.15, 0.2) is 54.6 Å². The Morgan fingerprint density at radius 3 is 2.96 bits per heavy atom. The first kappa shape index (κ1) is 15.4. The number of benzene rings is 2. The van der Waals surface area contributed by atoms with Gasteiger partial charge >= 0.3 is 0 Å². The molecule has 0 amide bonds. The van der Waals surface area contributed by atoms with Gasteiger partial charge in [0.25, 0.3) is 0 Å². The molecular weight excluding hydrogens is 300 g/mol. The molecule has 2 aliphatic rings. The molecule has 1 fully saturated rings. The molecule has 124 valence electrons. The van der Waals surface area contributed by atoms with Crippen molar-refractivity contribution in [3.8, 4) is 5.75 Å². The number of methoxy groups -OCH3 is 1. The van der Waals surface area contributed by atoms with Gasteiger partial charge in [0.15, 0.2) is 0 Å². The van der Waals surface area contributed by atoms with Gasteiger partial charge in [-0.2, -0.15) is 0 Å². The Morgan fingerprint density at radius 2 is 2.04 bits per heavy atom. The minimum atomic E-state index is -0.119. The van der Waals surface area contributed by atoms with Crippen molar-refractivity contribution < 1.29 is 14.2 Å². The molecule has 0 spiro atoms. The van der Waals surface area contributed by atoms with Crippen LogP contribution in [0.5, 0.6) is 5.75 Å². The first-order valence-corrected chi connectivity index (χ1v) is 8.46. The van der Waals surface area contributed by atoms with Crippen molar-refractivity contribution in [1.82, 2.24) is 0 Å². The van der Waals surface area contributed by atoms with Crippen LogP contribution in [0, 0.1) is 0 Å². The summed E-state index contributed by atoms with van der Waals surface area (Å²) >= 11 is 0. The molecule has 0 N–H and O–H groups in total. The average molecular weight is 322 g/mol. The molecule has 24 heavy (non-hydrogen) atoms. The molecule has 3 heteroatoms. The summed E-state index contributed by atoms with van der Waals surface area (Å²) in [6, 6.07) is 17.1. The van der Waals surface area contributed by atoms with E-state index in [1.165, 1.54) is 16.7 Å². The second kappa shape index (κ2) is 6.42. The highest BCUT2D eigenvalue weighted by molar-refractivity contribution is 5.64. The van der Waals surface area contributed by atoms with Crippen molar-refractivity contribution in [2.75, 3.05) is 26.9 Å². The first-order chi connectivity index (χ1) is 11.8. The summed E-state index contributed by atoms with van der Waals surface area (Å²) in [6.07, 6.45) is 5.46. The van der Waals surface area contributed by atoms with E-state index in [4.69, 9.17) is 14.2 Å². The van der Waals surface area contributed by atoms with Crippen molar-refractivity contribution in [2.24, 2.45) is 0 Å². The topological polar surface area (TPSA) is 27.7 Å². The Bertz CT molecular complexity index is 752. The zero-order valence-corrected chi connectivity index (χ0v) is 13.9. The summed E-state index contributed by atoms with van der Waals surface area (Å²) in [5, 5.41) is 0. The zero-order valence-electron chi connectivity index (χ0n) is 13.9. The average Bonchev–Trinajstić information content (AvgIpc) is 3.08. The molecule has 0 saturated carbocycles. The van der Waals surface area contributed by atoms with Crippen LogP contribution in [-0.2, 0) is 14.9 Å². The van der Waals surface area contributed by atoms with E-state index in [-0.39, 0.29) is 11.5 Å². The van der Waals surface area contributed by atoms with Gasteiger partial charge in [-0.05, 0) is 35.2 Å². The Kier molecular flexibility index (Phi) is 4.13. The molecule has 2 unspecified atom stereocenters. The maximum absolute atomic E-state index is 6.06. The van der Waals surface area contributed by atoms with Gasteiger partial charge in [-0.1, -0.05) is 48.6 Å². The van der Waals surface area contributed by atoms with E-state index < -0.39 is 0 Å². The molecule has 2 aromatic carbocycles. The summed E-state index contributed by atoms with van der Waals surface area (Å²) in [6.45, 7) is 1.92. The fraction of sp³-hybridized carbons (Fsp3) is 0.333. The molecule has 2 atom stereocenters. The molecule has 1 saturated heterocycles. The van der Waals surface area contributed by atoms with Crippen LogP contribution in [0.3, 0.4) is 0 Å². The number of fused-ring (bicyclic) bond motifs is 3. The van der Waals surface area contributed by atoms with Crippen LogP contribution >= 0.6 is 0 Å². The molecule has 0 bridgehead atoms. The molecule has 0 aromatic heterocycles. The zero-order chi connectivity index (χ0) is 16.4. The van der Waals surface area contributed by atoms with Crippen LogP contribution in [0.1, 0.15) is 23.1 Å². The Labute approximate surface area is 142 Å². The van der Waals surface area contributed by atoms with Crippen LogP contribution in [0.2, 0.25) is 0 Å². The lowest BCUT2D eigenvalue weighted by Crippen LogP contribution is -2.38. The van der Waals surface area contributed by atoms with Crippen LogP contribution in [0.25, 0.3) is 6.08 Å². The van der Waals surface area contributed by atoms with E-state index in [1.807, 2.05) is 6.07 Å². The molecule has 0 radical (unpaired) electrons. The largest absolute Gasteiger partial charge is 0.491 e. The Hall–Kier alpha value is -2.10. The lowest BCUT2D eigenvalue weighted by molar-refractivity contribution is 0.125. The van der Waals surface area contributed by atoms with Crippen molar-refractivity contribution in [3.63, 3.8) is 0 Å². The predicted octanol–water partition coefficient (Wildman–Crippen LogP) is 3.81. The summed E-state index contributed by atoms with van der Waals surface area (Å²) in [5.41, 5.74) is 3.78. The quantitative estimate of drug-likeness (QED) is 0.783. The van der Waals surface area contributed by atoms with E-state index >= 15 is 0 Å². The lowest BCUT2D eigenvalue weighted by Gasteiger charge is -2.37. The molecule has 1 aliphatic heterocycles. The summed E-state index contributed by atoms with van der Waals surface area (Å²) in [5.74, 6) is 0.886. The van der Waals surface area contributed by atoms with Gasteiger partial charge in [0.05, 0.1) is 18.1 Å². The monoisotopic (exact) mass is 322 g/mol. The Morgan fingerprint density at radius 1 is 1.12 bits per heavy atom. The normalized spacial score (nSPS) is 24.5. The van der Waals surface area contributed by atoms with Gasteiger partial charge in [0, 0.05) is 13.7 Å². The summed E-state index contributed by atoms with van der Waals surface area (Å²) in [4.78, 5) is 0. The molecule has 2 aromatic rings. The first-order valence-electron chi connectivity index (χ1n) is 8.46. The van der Waals surface area contributed by atoms with Gasteiger partial charge in [-0.15, -0.1) is 0 Å². The van der Waals surface area contributed by atoms with Crippen molar-refractivity contribution >= 4 is 6.08 Å². The Balaban J connectivity index is 1.76. The minimum Gasteiger partial charge on any atom is -0.491 e. The maximum atomic E-state index is 6.06.